The summed E-state index contributed by atoms with van der Waals surface area (Å²) in [5, 5.41) is 5.58. The predicted molar refractivity (Wildman–Crippen MR) is 231 cm³/mol. The van der Waals surface area contributed by atoms with Crippen molar-refractivity contribution in [3.8, 4) is 11.8 Å². The van der Waals surface area contributed by atoms with Gasteiger partial charge in [0, 0.05) is 73.4 Å². The molecular weight excluding hydrogens is 805 g/mol. The largest absolute Gasteiger partial charge is 0.449 e. The summed E-state index contributed by atoms with van der Waals surface area (Å²) in [6.45, 7) is 9.63. The van der Waals surface area contributed by atoms with E-state index in [9.17, 15) is 35.5 Å². The van der Waals surface area contributed by atoms with Gasteiger partial charge in [0.25, 0.3) is 20.2 Å². The summed E-state index contributed by atoms with van der Waals surface area (Å²) in [7, 11) is -6.86. The van der Waals surface area contributed by atoms with E-state index < -0.39 is 37.2 Å². The van der Waals surface area contributed by atoms with Crippen molar-refractivity contribution < 1.29 is 44.8 Å². The number of hydrogen-bond acceptors (Lipinski definition) is 8. The van der Waals surface area contributed by atoms with Crippen LogP contribution in [0.15, 0.2) is 82.3 Å². The number of benzene rings is 2. The van der Waals surface area contributed by atoms with Crippen LogP contribution in [0.25, 0.3) is 0 Å². The lowest BCUT2D eigenvalue weighted by molar-refractivity contribution is -0.401. The molecule has 1 fully saturated rings. The molecule has 1 unspecified atom stereocenters. The van der Waals surface area contributed by atoms with Crippen LogP contribution in [0.3, 0.4) is 0 Å². The highest BCUT2D eigenvalue weighted by molar-refractivity contribution is 7.86. The Labute approximate surface area is 354 Å². The number of anilines is 1. The summed E-state index contributed by atoms with van der Waals surface area (Å²) in [6, 6.07) is 9.25. The van der Waals surface area contributed by atoms with Crippen molar-refractivity contribution in [3.63, 3.8) is 0 Å². The molecule has 6 rings (SSSR count). The fraction of sp³-hybridized carbons (Fsp3) is 0.489. The number of ether oxygens (including phenoxy) is 1. The number of nitrogens with zero attached hydrogens (tertiary/aromatic N) is 2. The zero-order chi connectivity index (χ0) is 43.5. The Morgan fingerprint density at radius 1 is 0.850 bits per heavy atom. The monoisotopic (exact) mass is 861 g/mol. The highest BCUT2D eigenvalue weighted by Gasteiger charge is 2.49. The Hall–Kier alpha value is -4.75. The zero-order valence-electron chi connectivity index (χ0n) is 35.0. The number of allylic oxidation sites excluding steroid dienone is 6. The number of hydrogen-bond donors (Lipinski definition) is 4. The van der Waals surface area contributed by atoms with Crippen molar-refractivity contribution in [2.45, 2.75) is 99.7 Å². The van der Waals surface area contributed by atoms with E-state index in [1.807, 2.05) is 69.7 Å². The Morgan fingerprint density at radius 3 is 2.15 bits per heavy atom. The van der Waals surface area contributed by atoms with Crippen molar-refractivity contribution in [1.29, 1.82) is 0 Å². The van der Waals surface area contributed by atoms with E-state index in [0.29, 0.717) is 50.3 Å². The third-order valence-electron chi connectivity index (χ3n) is 12.4. The van der Waals surface area contributed by atoms with Crippen LogP contribution >= 0.6 is 0 Å². The highest BCUT2D eigenvalue weighted by atomic mass is 32.2. The minimum atomic E-state index is -4.42. The Bertz CT molecular complexity index is 2400. The number of carbonyl (C=O) groups is 2. The molecule has 0 bridgehead atoms. The summed E-state index contributed by atoms with van der Waals surface area (Å²) in [6.07, 6.45) is 15.7. The van der Waals surface area contributed by atoms with E-state index >= 15 is 0 Å². The zero-order valence-corrected chi connectivity index (χ0v) is 36.7. The van der Waals surface area contributed by atoms with Gasteiger partial charge < -0.3 is 20.3 Å². The van der Waals surface area contributed by atoms with Gasteiger partial charge in [-0.3, -0.25) is 13.9 Å². The number of fused-ring (bicyclic) bond motifs is 3. The predicted octanol–water partition coefficient (Wildman–Crippen LogP) is 6.82. The topological polar surface area (TPSA) is 182 Å². The third kappa shape index (κ3) is 10.1. The van der Waals surface area contributed by atoms with Crippen molar-refractivity contribution in [3.05, 3.63) is 83.6 Å². The summed E-state index contributed by atoms with van der Waals surface area (Å²) in [5.74, 6) is 7.92. The number of nitrogens with one attached hydrogen (secondary N) is 2. The summed E-state index contributed by atoms with van der Waals surface area (Å²) < 4.78 is 74.7. The number of amides is 2. The average Bonchev–Trinajstić information content (AvgIpc) is 3.71. The van der Waals surface area contributed by atoms with Gasteiger partial charge in [-0.25, -0.2) is 4.79 Å². The van der Waals surface area contributed by atoms with Gasteiger partial charge in [0.05, 0.1) is 21.8 Å². The first-order valence-electron chi connectivity index (χ1n) is 20.6. The second-order valence-electron chi connectivity index (χ2n) is 17.1. The standard InChI is InChI=1S/C45H56N4O9S2/c1-44(2)36-28-31(59(52,53)54)21-23-38(36)48(5)40(44)18-12-8-13-19-41-45(3,4)37-29-32(60(55,56)57)22-24-39(37)49(41)27-15-9-14-20-42(50)46-25-26-47-43(51)58-30-35-33-16-10-6-7-11-17-34(33)35/h8,12-13,18-19,21-24,28-29,33-35H,9-11,14-17,20,25-27,30H2,1-5H3,(H3-,46,47,50,51,52,53,54,55,56,57)/p+1/t33-,34+,35?. The van der Waals surface area contributed by atoms with Gasteiger partial charge in [0.15, 0.2) is 5.71 Å². The summed E-state index contributed by atoms with van der Waals surface area (Å²) in [4.78, 5) is 26.6. The van der Waals surface area contributed by atoms with E-state index in [4.69, 9.17) is 4.74 Å². The molecular formula is C45H57N4O9S2+. The van der Waals surface area contributed by atoms with Crippen LogP contribution in [-0.2, 0) is 40.6 Å². The van der Waals surface area contributed by atoms with Gasteiger partial charge in [0.1, 0.15) is 7.05 Å². The number of alkyl carbamates (subject to hydrolysis) is 1. The van der Waals surface area contributed by atoms with Crippen LogP contribution in [0.2, 0.25) is 0 Å². The third-order valence-corrected chi connectivity index (χ3v) is 14.1. The average molecular weight is 862 g/mol. The number of carbonyl (C=O) groups excluding carboxylic acids is 2. The highest BCUT2D eigenvalue weighted by Crippen LogP contribution is 2.52. The molecule has 322 valence electrons. The van der Waals surface area contributed by atoms with Crippen LogP contribution in [-0.4, -0.2) is 81.5 Å². The van der Waals surface area contributed by atoms with Crippen LogP contribution in [0.4, 0.5) is 16.2 Å². The minimum Gasteiger partial charge on any atom is -0.449 e. The lowest BCUT2D eigenvalue weighted by atomic mass is 9.81. The molecule has 0 spiro atoms. The van der Waals surface area contributed by atoms with Crippen molar-refractivity contribution in [1.82, 2.24) is 10.6 Å². The molecule has 2 aromatic carbocycles. The lowest BCUT2D eigenvalue weighted by Gasteiger charge is -2.27. The quantitative estimate of drug-likeness (QED) is 0.0460. The maximum atomic E-state index is 12.6. The molecule has 0 aromatic heterocycles. The first-order valence-corrected chi connectivity index (χ1v) is 23.5. The molecule has 4 aliphatic rings. The second kappa shape index (κ2) is 18.1. The summed E-state index contributed by atoms with van der Waals surface area (Å²) >= 11 is 0. The van der Waals surface area contributed by atoms with E-state index in [1.54, 1.807) is 12.1 Å². The molecule has 3 atom stereocenters. The Balaban J connectivity index is 1.01. The van der Waals surface area contributed by atoms with Gasteiger partial charge in [-0.2, -0.15) is 21.4 Å². The van der Waals surface area contributed by atoms with Gasteiger partial charge in [-0.05, 0) is 99.3 Å². The van der Waals surface area contributed by atoms with Crippen LogP contribution < -0.4 is 15.5 Å². The van der Waals surface area contributed by atoms with E-state index in [1.165, 1.54) is 24.3 Å². The molecule has 0 radical (unpaired) electrons. The molecule has 1 saturated carbocycles. The second-order valence-corrected chi connectivity index (χ2v) is 19.9. The van der Waals surface area contributed by atoms with Crippen molar-refractivity contribution in [2.75, 3.05) is 38.2 Å². The molecule has 2 aliphatic heterocycles. The number of rotatable bonds is 16. The molecule has 0 saturated heterocycles. The molecule has 2 amide bonds. The molecule has 2 aromatic rings. The van der Waals surface area contributed by atoms with Crippen LogP contribution in [0.5, 0.6) is 0 Å². The molecule has 2 heterocycles. The smallest absolute Gasteiger partial charge is 0.407 e. The van der Waals surface area contributed by atoms with Crippen LogP contribution in [0, 0.1) is 29.6 Å². The Kier molecular flexibility index (Phi) is 13.5. The molecule has 4 N–H and O–H groups in total. The number of unbranched alkanes of at least 4 members (excludes halogenated alkanes) is 2. The maximum Gasteiger partial charge on any atom is 0.407 e. The molecule has 60 heavy (non-hydrogen) atoms. The Morgan fingerprint density at radius 2 is 1.48 bits per heavy atom. The first-order chi connectivity index (χ1) is 28.3. The van der Waals surface area contributed by atoms with Crippen LogP contribution in [0.1, 0.15) is 90.2 Å². The van der Waals surface area contributed by atoms with E-state index in [-0.39, 0.29) is 22.2 Å². The van der Waals surface area contributed by atoms with E-state index in [0.717, 1.165) is 72.4 Å². The SMILES string of the molecule is C[N+]1=C(C=CC=CC=C2N(CCCCCC(=O)NCCNC(=O)OCC3[C@H]4CCC#CCC[C@@H]34)c3ccc(S(=O)(=O)O)cc3C2(C)C)C(C)(C)c2cc(S(=O)(=O)O)ccc21. The van der Waals surface area contributed by atoms with Gasteiger partial charge in [-0.15, -0.1) is 11.8 Å². The van der Waals surface area contributed by atoms with Gasteiger partial charge in [0.2, 0.25) is 11.6 Å². The van der Waals surface area contributed by atoms with Crippen molar-refractivity contribution in [2.24, 2.45) is 17.8 Å². The summed E-state index contributed by atoms with van der Waals surface area (Å²) in [5.41, 5.74) is 3.96. The van der Waals surface area contributed by atoms with Crippen molar-refractivity contribution >= 4 is 49.3 Å². The fourth-order valence-corrected chi connectivity index (χ4v) is 10.1. The normalized spacial score (nSPS) is 22.1. The molecule has 13 nitrogen and oxygen atoms in total. The maximum absolute atomic E-state index is 12.6. The fourth-order valence-electron chi connectivity index (χ4n) is 9.08. The molecule has 2 aliphatic carbocycles. The van der Waals surface area contributed by atoms with E-state index in [2.05, 4.69) is 27.4 Å². The van der Waals surface area contributed by atoms with Gasteiger partial charge in [-0.1, -0.05) is 38.5 Å². The lowest BCUT2D eigenvalue weighted by Crippen LogP contribution is -2.35. The molecule has 15 heteroatoms. The first kappa shape index (κ1) is 44.8. The minimum absolute atomic E-state index is 0.0946. The van der Waals surface area contributed by atoms with Gasteiger partial charge >= 0.3 is 6.09 Å².